The maximum atomic E-state index is 13.9. The van der Waals surface area contributed by atoms with Crippen molar-refractivity contribution in [3.63, 3.8) is 0 Å². The number of hydrogen-bond donors (Lipinski definition) is 1. The molecule has 0 amide bonds. The van der Waals surface area contributed by atoms with Crippen LogP contribution in [0.2, 0.25) is 0 Å². The molecule has 2 rings (SSSR count). The van der Waals surface area contributed by atoms with E-state index in [4.69, 9.17) is 5.73 Å². The predicted molar refractivity (Wildman–Crippen MR) is 78.6 cm³/mol. The minimum Gasteiger partial charge on any atom is -0.329 e. The van der Waals surface area contributed by atoms with Gasteiger partial charge in [0, 0.05) is 24.3 Å². The highest BCUT2D eigenvalue weighted by molar-refractivity contribution is 5.21. The molecule has 0 aliphatic heterocycles. The molecule has 2 aromatic rings. The maximum absolute atomic E-state index is 13.9. The molecule has 0 aliphatic rings. The maximum Gasteiger partial charge on any atom is 0.127 e. The van der Waals surface area contributed by atoms with Crippen molar-refractivity contribution in [1.29, 1.82) is 0 Å². The van der Waals surface area contributed by atoms with Crippen molar-refractivity contribution in [3.05, 3.63) is 65.7 Å². The van der Waals surface area contributed by atoms with Crippen LogP contribution in [0.5, 0.6) is 0 Å². The summed E-state index contributed by atoms with van der Waals surface area (Å²) in [5.74, 6) is -0.191. The Morgan fingerprint density at radius 3 is 2.50 bits per heavy atom. The molecule has 0 bridgehead atoms. The average Bonchev–Trinajstić information content (AvgIpc) is 2.49. The Morgan fingerprint density at radius 2 is 1.90 bits per heavy atom. The minimum absolute atomic E-state index is 0.0363. The summed E-state index contributed by atoms with van der Waals surface area (Å²) in [6.07, 6.45) is 1.75. The van der Waals surface area contributed by atoms with Crippen LogP contribution in [0.1, 0.15) is 30.3 Å². The summed E-state index contributed by atoms with van der Waals surface area (Å²) in [5.41, 5.74) is 7.46. The summed E-state index contributed by atoms with van der Waals surface area (Å²) in [7, 11) is 1.95. The topological polar surface area (TPSA) is 42.1 Å². The highest BCUT2D eigenvalue weighted by Gasteiger charge is 2.23. The first-order valence-corrected chi connectivity index (χ1v) is 6.72. The van der Waals surface area contributed by atoms with Crippen molar-refractivity contribution in [2.45, 2.75) is 19.0 Å². The van der Waals surface area contributed by atoms with Gasteiger partial charge in [0.05, 0.1) is 11.7 Å². The quantitative estimate of drug-likeness (QED) is 0.910. The zero-order valence-corrected chi connectivity index (χ0v) is 11.8. The molecule has 2 N–H and O–H groups in total. The molecular weight excluding hydrogens is 253 g/mol. The lowest BCUT2D eigenvalue weighted by Gasteiger charge is -2.32. The first-order chi connectivity index (χ1) is 9.65. The molecule has 0 radical (unpaired) electrons. The molecule has 0 spiro atoms. The lowest BCUT2D eigenvalue weighted by atomic mass is 10.0. The van der Waals surface area contributed by atoms with E-state index in [1.807, 2.05) is 44.3 Å². The first kappa shape index (κ1) is 14.6. The molecule has 1 aromatic heterocycles. The number of halogens is 1. The number of likely N-dealkylation sites (N-methyl/N-ethyl adjacent to an activating group) is 1. The Morgan fingerprint density at radius 1 is 1.20 bits per heavy atom. The minimum atomic E-state index is -0.191. The molecule has 4 heteroatoms. The van der Waals surface area contributed by atoms with Crippen molar-refractivity contribution in [2.24, 2.45) is 5.73 Å². The predicted octanol–water partition coefficient (Wildman–Crippen LogP) is 2.91. The number of hydrogen-bond acceptors (Lipinski definition) is 3. The van der Waals surface area contributed by atoms with E-state index in [0.717, 1.165) is 5.69 Å². The van der Waals surface area contributed by atoms with E-state index < -0.39 is 0 Å². The summed E-state index contributed by atoms with van der Waals surface area (Å²) in [4.78, 5) is 6.41. The van der Waals surface area contributed by atoms with E-state index >= 15 is 0 Å². The molecule has 0 fully saturated rings. The molecule has 2 atom stereocenters. The molecule has 1 aromatic carbocycles. The van der Waals surface area contributed by atoms with Gasteiger partial charge in [0.1, 0.15) is 5.82 Å². The molecule has 106 valence electrons. The third-order valence-electron chi connectivity index (χ3n) is 3.71. The second-order valence-corrected chi connectivity index (χ2v) is 4.87. The van der Waals surface area contributed by atoms with Gasteiger partial charge in [-0.1, -0.05) is 24.3 Å². The van der Waals surface area contributed by atoms with Crippen molar-refractivity contribution in [3.8, 4) is 0 Å². The van der Waals surface area contributed by atoms with Crippen LogP contribution >= 0.6 is 0 Å². The fraction of sp³-hybridized carbons (Fsp3) is 0.312. The van der Waals surface area contributed by atoms with E-state index in [1.54, 1.807) is 12.3 Å². The number of pyridine rings is 1. The molecule has 0 aliphatic carbocycles. The van der Waals surface area contributed by atoms with Gasteiger partial charge in [0.25, 0.3) is 0 Å². The van der Waals surface area contributed by atoms with Crippen LogP contribution in [0.15, 0.2) is 48.7 Å². The van der Waals surface area contributed by atoms with Gasteiger partial charge in [-0.3, -0.25) is 9.88 Å². The van der Waals surface area contributed by atoms with Gasteiger partial charge < -0.3 is 5.73 Å². The summed E-state index contributed by atoms with van der Waals surface area (Å²) < 4.78 is 13.9. The lowest BCUT2D eigenvalue weighted by molar-refractivity contribution is 0.183. The Bertz CT molecular complexity index is 544. The summed E-state index contributed by atoms with van der Waals surface area (Å²) in [6.45, 7) is 2.41. The largest absolute Gasteiger partial charge is 0.329 e. The highest BCUT2D eigenvalue weighted by atomic mass is 19.1. The van der Waals surface area contributed by atoms with Crippen LogP contribution in [0.25, 0.3) is 0 Å². The second-order valence-electron chi connectivity index (χ2n) is 4.87. The van der Waals surface area contributed by atoms with E-state index in [2.05, 4.69) is 9.88 Å². The number of nitrogens with two attached hydrogens (primary N) is 1. The van der Waals surface area contributed by atoms with Gasteiger partial charge in [-0.2, -0.15) is 0 Å². The number of aromatic nitrogens is 1. The molecule has 20 heavy (non-hydrogen) atoms. The fourth-order valence-electron chi connectivity index (χ4n) is 2.37. The van der Waals surface area contributed by atoms with Crippen molar-refractivity contribution in [1.82, 2.24) is 9.88 Å². The summed E-state index contributed by atoms with van der Waals surface area (Å²) >= 11 is 0. The second kappa shape index (κ2) is 6.59. The molecular formula is C16H20FN3. The van der Waals surface area contributed by atoms with Crippen molar-refractivity contribution in [2.75, 3.05) is 13.6 Å². The van der Waals surface area contributed by atoms with Gasteiger partial charge in [-0.05, 0) is 32.2 Å². The van der Waals surface area contributed by atoms with Gasteiger partial charge in [-0.15, -0.1) is 0 Å². The van der Waals surface area contributed by atoms with Gasteiger partial charge in [0.2, 0.25) is 0 Å². The smallest absolute Gasteiger partial charge is 0.127 e. The summed E-state index contributed by atoms with van der Waals surface area (Å²) in [6, 6.07) is 12.5. The number of benzene rings is 1. The molecule has 0 saturated carbocycles. The van der Waals surface area contributed by atoms with Gasteiger partial charge in [0.15, 0.2) is 0 Å². The zero-order valence-electron chi connectivity index (χ0n) is 11.8. The Hall–Kier alpha value is -1.78. The summed E-state index contributed by atoms with van der Waals surface area (Å²) in [5, 5.41) is 0. The van der Waals surface area contributed by atoms with Crippen molar-refractivity contribution >= 4 is 0 Å². The Labute approximate surface area is 119 Å². The van der Waals surface area contributed by atoms with Crippen LogP contribution in [-0.4, -0.2) is 23.5 Å². The third kappa shape index (κ3) is 3.03. The third-order valence-corrected chi connectivity index (χ3v) is 3.71. The SMILES string of the molecule is CC(c1ccccc1F)N(C)C(CN)c1ccccn1. The molecule has 2 unspecified atom stereocenters. The fourth-order valence-corrected chi connectivity index (χ4v) is 2.37. The first-order valence-electron chi connectivity index (χ1n) is 6.72. The normalized spacial score (nSPS) is 14.2. The van der Waals surface area contributed by atoms with E-state index in [0.29, 0.717) is 12.1 Å². The molecule has 3 nitrogen and oxygen atoms in total. The number of nitrogens with zero attached hydrogens (tertiary/aromatic N) is 2. The Kier molecular flexibility index (Phi) is 4.82. The highest BCUT2D eigenvalue weighted by Crippen LogP contribution is 2.28. The van der Waals surface area contributed by atoms with Crippen LogP contribution in [0, 0.1) is 5.82 Å². The lowest BCUT2D eigenvalue weighted by Crippen LogP contribution is -2.33. The van der Waals surface area contributed by atoms with Gasteiger partial charge >= 0.3 is 0 Å². The van der Waals surface area contributed by atoms with E-state index in [1.165, 1.54) is 6.07 Å². The van der Waals surface area contributed by atoms with E-state index in [-0.39, 0.29) is 17.9 Å². The van der Waals surface area contributed by atoms with Crippen LogP contribution in [-0.2, 0) is 0 Å². The van der Waals surface area contributed by atoms with Crippen molar-refractivity contribution < 1.29 is 4.39 Å². The Balaban J connectivity index is 2.25. The molecule has 1 heterocycles. The zero-order chi connectivity index (χ0) is 14.5. The van der Waals surface area contributed by atoms with E-state index in [9.17, 15) is 4.39 Å². The number of rotatable bonds is 5. The standard InChI is InChI=1S/C16H20FN3/c1-12(13-7-3-4-8-14(13)17)20(2)16(11-18)15-9-5-6-10-19-15/h3-10,12,16H,11,18H2,1-2H3. The van der Waals surface area contributed by atoms with Crippen LogP contribution in [0.4, 0.5) is 4.39 Å². The molecule has 0 saturated heterocycles. The van der Waals surface area contributed by atoms with Crippen LogP contribution in [0.3, 0.4) is 0 Å². The monoisotopic (exact) mass is 273 g/mol. The average molecular weight is 273 g/mol. The van der Waals surface area contributed by atoms with Gasteiger partial charge in [-0.25, -0.2) is 4.39 Å². The van der Waals surface area contributed by atoms with Crippen LogP contribution < -0.4 is 5.73 Å².